The Kier molecular flexibility index (Phi) is 8.04. The standard InChI is InChI=1S/C16H28NO2PS/c1-6-19-20(18,16-10-8-7-9-11-16)21-13-12-17(14(2)3)15(4)5/h7-11,14-15H,6,12-13H2,1-5H3. The Bertz CT molecular complexity index is 443. The molecule has 0 bridgehead atoms. The molecular formula is C16H28NO2PS. The van der Waals surface area contributed by atoms with Gasteiger partial charge in [0, 0.05) is 29.7 Å². The molecule has 0 aliphatic carbocycles. The fourth-order valence-electron chi connectivity index (χ4n) is 2.35. The van der Waals surface area contributed by atoms with Crippen LogP contribution in [0.5, 0.6) is 0 Å². The molecule has 120 valence electrons. The predicted octanol–water partition coefficient (Wildman–Crippen LogP) is 4.39. The van der Waals surface area contributed by atoms with Crippen LogP contribution in [0.1, 0.15) is 34.6 Å². The molecule has 0 aliphatic rings. The van der Waals surface area contributed by atoms with Crippen molar-refractivity contribution in [1.29, 1.82) is 0 Å². The minimum atomic E-state index is -2.80. The van der Waals surface area contributed by atoms with E-state index in [1.54, 1.807) is 0 Å². The van der Waals surface area contributed by atoms with Gasteiger partial charge in [0.25, 0.3) is 6.57 Å². The van der Waals surface area contributed by atoms with Crippen molar-refractivity contribution in [1.82, 2.24) is 4.90 Å². The molecule has 0 N–H and O–H groups in total. The van der Waals surface area contributed by atoms with Gasteiger partial charge in [0.1, 0.15) is 0 Å². The van der Waals surface area contributed by atoms with Crippen molar-refractivity contribution in [2.24, 2.45) is 0 Å². The largest absolute Gasteiger partial charge is 0.318 e. The van der Waals surface area contributed by atoms with E-state index in [4.69, 9.17) is 4.52 Å². The van der Waals surface area contributed by atoms with Gasteiger partial charge in [-0.25, -0.2) is 0 Å². The second kappa shape index (κ2) is 8.99. The Morgan fingerprint density at radius 2 is 1.71 bits per heavy atom. The van der Waals surface area contributed by atoms with Crippen molar-refractivity contribution in [3.8, 4) is 0 Å². The van der Waals surface area contributed by atoms with Crippen LogP contribution in [-0.4, -0.2) is 35.9 Å². The van der Waals surface area contributed by atoms with Gasteiger partial charge in [0.2, 0.25) is 0 Å². The minimum absolute atomic E-state index is 0.469. The third-order valence-corrected chi connectivity index (χ3v) is 8.06. The van der Waals surface area contributed by atoms with Crippen molar-refractivity contribution >= 4 is 23.3 Å². The summed E-state index contributed by atoms with van der Waals surface area (Å²) in [6, 6.07) is 10.5. The van der Waals surface area contributed by atoms with Crippen molar-refractivity contribution in [3.63, 3.8) is 0 Å². The lowest BCUT2D eigenvalue weighted by atomic mass is 10.2. The van der Waals surface area contributed by atoms with Crippen LogP contribution < -0.4 is 5.30 Å². The van der Waals surface area contributed by atoms with Crippen molar-refractivity contribution in [2.45, 2.75) is 46.7 Å². The molecule has 1 atom stereocenters. The molecule has 0 aromatic heterocycles. The smallest absolute Gasteiger partial charge is 0.287 e. The fourth-order valence-corrected chi connectivity index (χ4v) is 6.45. The number of rotatable bonds is 9. The molecule has 5 heteroatoms. The van der Waals surface area contributed by atoms with Crippen LogP contribution in [0.2, 0.25) is 0 Å². The molecule has 1 unspecified atom stereocenters. The quantitative estimate of drug-likeness (QED) is 0.628. The second-order valence-electron chi connectivity index (χ2n) is 5.51. The van der Waals surface area contributed by atoms with Crippen molar-refractivity contribution in [2.75, 3.05) is 18.9 Å². The molecule has 1 aromatic carbocycles. The van der Waals surface area contributed by atoms with Crippen LogP contribution >= 0.6 is 18.0 Å². The number of benzene rings is 1. The summed E-state index contributed by atoms with van der Waals surface area (Å²) in [4.78, 5) is 2.41. The van der Waals surface area contributed by atoms with Gasteiger partial charge >= 0.3 is 0 Å². The highest BCUT2D eigenvalue weighted by atomic mass is 32.7. The summed E-state index contributed by atoms with van der Waals surface area (Å²) in [5.41, 5.74) is 0. The number of hydrogen-bond acceptors (Lipinski definition) is 4. The van der Waals surface area contributed by atoms with Gasteiger partial charge in [-0.05, 0) is 46.8 Å². The minimum Gasteiger partial charge on any atom is -0.318 e. The normalized spacial score (nSPS) is 14.9. The van der Waals surface area contributed by atoms with Gasteiger partial charge in [-0.3, -0.25) is 9.46 Å². The Morgan fingerprint density at radius 1 is 1.14 bits per heavy atom. The average molecular weight is 329 g/mol. The summed E-state index contributed by atoms with van der Waals surface area (Å²) in [6.45, 7) is 9.28. The lowest BCUT2D eigenvalue weighted by Crippen LogP contribution is -2.38. The molecular weight excluding hydrogens is 301 g/mol. The summed E-state index contributed by atoms with van der Waals surface area (Å²) < 4.78 is 18.7. The van der Waals surface area contributed by atoms with E-state index < -0.39 is 6.57 Å². The molecule has 0 heterocycles. The van der Waals surface area contributed by atoms with Gasteiger partial charge in [-0.2, -0.15) is 0 Å². The van der Waals surface area contributed by atoms with Crippen LogP contribution in [-0.2, 0) is 9.09 Å². The first kappa shape index (κ1) is 18.8. The maximum atomic E-state index is 13.1. The lowest BCUT2D eigenvalue weighted by molar-refractivity contribution is 0.187. The molecule has 0 saturated heterocycles. The van der Waals surface area contributed by atoms with Gasteiger partial charge in [-0.15, -0.1) is 0 Å². The first-order chi connectivity index (χ1) is 9.90. The molecule has 0 aliphatic heterocycles. The molecule has 0 radical (unpaired) electrons. The predicted molar refractivity (Wildman–Crippen MR) is 94.7 cm³/mol. The summed E-state index contributed by atoms with van der Waals surface area (Å²) in [6.07, 6.45) is 0. The maximum absolute atomic E-state index is 13.1. The van der Waals surface area contributed by atoms with E-state index in [1.165, 1.54) is 11.4 Å². The van der Waals surface area contributed by atoms with E-state index in [0.717, 1.165) is 17.6 Å². The van der Waals surface area contributed by atoms with E-state index in [-0.39, 0.29) is 0 Å². The Balaban J connectivity index is 2.70. The van der Waals surface area contributed by atoms with E-state index in [9.17, 15) is 4.57 Å². The van der Waals surface area contributed by atoms with Crippen LogP contribution in [0.4, 0.5) is 0 Å². The third kappa shape index (κ3) is 5.78. The molecule has 3 nitrogen and oxygen atoms in total. The van der Waals surface area contributed by atoms with Gasteiger partial charge in [0.15, 0.2) is 0 Å². The Morgan fingerprint density at radius 3 is 2.19 bits per heavy atom. The fraction of sp³-hybridized carbons (Fsp3) is 0.625. The zero-order valence-corrected chi connectivity index (χ0v) is 15.5. The second-order valence-corrected chi connectivity index (χ2v) is 10.2. The zero-order valence-electron chi connectivity index (χ0n) is 13.8. The van der Waals surface area contributed by atoms with E-state index in [1.807, 2.05) is 37.3 Å². The van der Waals surface area contributed by atoms with Gasteiger partial charge in [-0.1, -0.05) is 29.6 Å². The Labute approximate surface area is 133 Å². The summed E-state index contributed by atoms with van der Waals surface area (Å²) in [7, 11) is 0. The highest BCUT2D eigenvalue weighted by molar-refractivity contribution is 8.58. The summed E-state index contributed by atoms with van der Waals surface area (Å²) in [5.74, 6) is 0.808. The monoisotopic (exact) mass is 329 g/mol. The van der Waals surface area contributed by atoms with Gasteiger partial charge < -0.3 is 4.52 Å². The molecule has 21 heavy (non-hydrogen) atoms. The van der Waals surface area contributed by atoms with E-state index >= 15 is 0 Å². The molecule has 0 amide bonds. The first-order valence-corrected chi connectivity index (χ1v) is 10.8. The Hall–Kier alpha value is -0.280. The molecule has 0 saturated carbocycles. The molecule has 1 aromatic rings. The van der Waals surface area contributed by atoms with E-state index in [2.05, 4.69) is 32.6 Å². The average Bonchev–Trinajstić information content (AvgIpc) is 2.44. The highest BCUT2D eigenvalue weighted by Gasteiger charge is 2.26. The van der Waals surface area contributed by atoms with Crippen molar-refractivity contribution in [3.05, 3.63) is 30.3 Å². The summed E-state index contributed by atoms with van der Waals surface area (Å²) >= 11 is 1.46. The highest BCUT2D eigenvalue weighted by Crippen LogP contribution is 2.58. The van der Waals surface area contributed by atoms with E-state index in [0.29, 0.717) is 18.7 Å². The van der Waals surface area contributed by atoms with Crippen LogP contribution in [0.25, 0.3) is 0 Å². The first-order valence-electron chi connectivity index (χ1n) is 7.61. The van der Waals surface area contributed by atoms with Crippen molar-refractivity contribution < 1.29 is 9.09 Å². The molecule has 0 spiro atoms. The number of hydrogen-bond donors (Lipinski definition) is 0. The van der Waals surface area contributed by atoms with Crippen LogP contribution in [0.3, 0.4) is 0 Å². The van der Waals surface area contributed by atoms with Gasteiger partial charge in [0.05, 0.1) is 6.61 Å². The van der Waals surface area contributed by atoms with Crippen LogP contribution in [0, 0.1) is 0 Å². The maximum Gasteiger partial charge on any atom is 0.287 e. The number of nitrogens with zero attached hydrogens (tertiary/aromatic N) is 1. The van der Waals surface area contributed by atoms with Crippen LogP contribution in [0.15, 0.2) is 30.3 Å². The lowest BCUT2D eigenvalue weighted by Gasteiger charge is -2.30. The summed E-state index contributed by atoms with van der Waals surface area (Å²) in [5, 5.41) is 0.803. The topological polar surface area (TPSA) is 29.5 Å². The molecule has 1 rings (SSSR count). The third-order valence-electron chi connectivity index (χ3n) is 3.31. The molecule has 0 fully saturated rings. The SMILES string of the molecule is CCOP(=O)(SCCN(C(C)C)C(C)C)c1ccccc1. The zero-order chi connectivity index (χ0) is 15.9.